The van der Waals surface area contributed by atoms with Crippen LogP contribution in [0.1, 0.15) is 16.1 Å². The van der Waals surface area contributed by atoms with Crippen molar-refractivity contribution in [2.24, 2.45) is 0 Å². The Hall–Kier alpha value is -3.36. The summed E-state index contributed by atoms with van der Waals surface area (Å²) in [5, 5.41) is 6.28. The fourth-order valence-electron chi connectivity index (χ4n) is 3.52. The largest absolute Gasteiger partial charge is 0.379 e. The van der Waals surface area contributed by atoms with E-state index in [9.17, 15) is 14.0 Å². The van der Waals surface area contributed by atoms with Gasteiger partial charge in [0, 0.05) is 41.6 Å². The van der Waals surface area contributed by atoms with Crippen molar-refractivity contribution >= 4 is 34.1 Å². The number of benzene rings is 2. The maximum atomic E-state index is 13.5. The first-order valence-corrected chi connectivity index (χ1v) is 10.1. The Morgan fingerprint density at radius 3 is 2.42 bits per heavy atom. The van der Waals surface area contributed by atoms with E-state index in [-0.39, 0.29) is 11.8 Å². The SMILES string of the molecule is Cc1cc(C(=O)Nc2ccc(NC(=O)CN3CCOCC3)cc2)c2ccc(F)cc2n1. The standard InChI is InChI=1S/C23H23FN4O3/c1-15-12-20(19-7-2-16(24)13-21(19)25-15)23(30)27-18-5-3-17(4-6-18)26-22(29)14-28-8-10-31-11-9-28/h2-7,12-13H,8-11,14H2,1H3,(H,26,29)(H,27,30). The molecule has 8 heteroatoms. The van der Waals surface area contributed by atoms with Gasteiger partial charge < -0.3 is 15.4 Å². The maximum absolute atomic E-state index is 13.5. The second-order valence-corrected chi connectivity index (χ2v) is 7.44. The van der Waals surface area contributed by atoms with Crippen LogP contribution in [0.3, 0.4) is 0 Å². The molecule has 0 atom stereocenters. The zero-order valence-electron chi connectivity index (χ0n) is 17.2. The van der Waals surface area contributed by atoms with E-state index >= 15 is 0 Å². The highest BCUT2D eigenvalue weighted by molar-refractivity contribution is 6.12. The van der Waals surface area contributed by atoms with Gasteiger partial charge in [0.2, 0.25) is 5.91 Å². The number of carbonyl (C=O) groups is 2. The van der Waals surface area contributed by atoms with Gasteiger partial charge in [-0.3, -0.25) is 19.5 Å². The fourth-order valence-corrected chi connectivity index (χ4v) is 3.52. The summed E-state index contributed by atoms with van der Waals surface area (Å²) >= 11 is 0. The van der Waals surface area contributed by atoms with Crippen molar-refractivity contribution in [1.29, 1.82) is 0 Å². The van der Waals surface area contributed by atoms with E-state index in [1.54, 1.807) is 43.3 Å². The number of nitrogens with zero attached hydrogens (tertiary/aromatic N) is 2. The van der Waals surface area contributed by atoms with Gasteiger partial charge in [0.1, 0.15) is 5.82 Å². The second-order valence-electron chi connectivity index (χ2n) is 7.44. The lowest BCUT2D eigenvalue weighted by Crippen LogP contribution is -2.41. The highest BCUT2D eigenvalue weighted by atomic mass is 19.1. The summed E-state index contributed by atoms with van der Waals surface area (Å²) in [5.74, 6) is -0.806. The number of aromatic nitrogens is 1. The van der Waals surface area contributed by atoms with Gasteiger partial charge in [-0.25, -0.2) is 4.39 Å². The van der Waals surface area contributed by atoms with E-state index in [4.69, 9.17) is 4.74 Å². The quantitative estimate of drug-likeness (QED) is 0.660. The van der Waals surface area contributed by atoms with Crippen LogP contribution in [0.25, 0.3) is 10.9 Å². The molecular formula is C23H23FN4O3. The zero-order valence-corrected chi connectivity index (χ0v) is 17.2. The number of nitrogens with one attached hydrogen (secondary N) is 2. The number of halogens is 1. The van der Waals surface area contributed by atoms with Gasteiger partial charge in [0.15, 0.2) is 0 Å². The Bertz CT molecular complexity index is 1110. The molecule has 0 radical (unpaired) electrons. The summed E-state index contributed by atoms with van der Waals surface area (Å²) < 4.78 is 18.8. The number of rotatable bonds is 5. The molecule has 1 aliphatic heterocycles. The number of pyridine rings is 1. The first-order chi connectivity index (χ1) is 15.0. The average molecular weight is 422 g/mol. The van der Waals surface area contributed by atoms with Crippen molar-refractivity contribution in [3.05, 3.63) is 65.6 Å². The molecule has 2 amide bonds. The lowest BCUT2D eigenvalue weighted by atomic mass is 10.1. The highest BCUT2D eigenvalue weighted by Gasteiger charge is 2.15. The molecule has 2 N–H and O–H groups in total. The van der Waals surface area contributed by atoms with E-state index in [1.807, 2.05) is 4.90 Å². The third-order valence-electron chi connectivity index (χ3n) is 5.04. The van der Waals surface area contributed by atoms with Crippen molar-refractivity contribution < 1.29 is 18.7 Å². The van der Waals surface area contributed by atoms with Crippen molar-refractivity contribution in [1.82, 2.24) is 9.88 Å². The van der Waals surface area contributed by atoms with E-state index in [0.717, 1.165) is 13.1 Å². The predicted molar refractivity (Wildman–Crippen MR) is 117 cm³/mol. The Morgan fingerprint density at radius 2 is 1.71 bits per heavy atom. The lowest BCUT2D eigenvalue weighted by Gasteiger charge is -2.25. The Kier molecular flexibility index (Phi) is 6.20. The van der Waals surface area contributed by atoms with Gasteiger partial charge in [-0.2, -0.15) is 0 Å². The second kappa shape index (κ2) is 9.20. The number of hydrogen-bond donors (Lipinski definition) is 2. The van der Waals surface area contributed by atoms with Crippen LogP contribution in [-0.2, 0) is 9.53 Å². The molecule has 1 fully saturated rings. The minimum absolute atomic E-state index is 0.0929. The molecule has 0 saturated carbocycles. The lowest BCUT2D eigenvalue weighted by molar-refractivity contribution is -0.118. The first-order valence-electron chi connectivity index (χ1n) is 10.1. The molecular weight excluding hydrogens is 399 g/mol. The fraction of sp³-hybridized carbons (Fsp3) is 0.261. The van der Waals surface area contributed by atoms with Crippen molar-refractivity contribution in [3.8, 4) is 0 Å². The van der Waals surface area contributed by atoms with Crippen molar-refractivity contribution in [2.45, 2.75) is 6.92 Å². The van der Waals surface area contributed by atoms with Crippen LogP contribution in [-0.4, -0.2) is 54.5 Å². The van der Waals surface area contributed by atoms with E-state index in [1.165, 1.54) is 12.1 Å². The summed E-state index contributed by atoms with van der Waals surface area (Å²) in [6.07, 6.45) is 0. The van der Waals surface area contributed by atoms with E-state index in [0.29, 0.717) is 53.3 Å². The van der Waals surface area contributed by atoms with Gasteiger partial charge >= 0.3 is 0 Å². The molecule has 0 aliphatic carbocycles. The van der Waals surface area contributed by atoms with Gasteiger partial charge in [-0.15, -0.1) is 0 Å². The Balaban J connectivity index is 1.41. The van der Waals surface area contributed by atoms with Gasteiger partial charge in [0.05, 0.1) is 30.8 Å². The van der Waals surface area contributed by atoms with Crippen LogP contribution >= 0.6 is 0 Å². The van der Waals surface area contributed by atoms with Gasteiger partial charge in [-0.1, -0.05) is 0 Å². The Morgan fingerprint density at radius 1 is 1.03 bits per heavy atom. The summed E-state index contributed by atoms with van der Waals surface area (Å²) in [6.45, 7) is 4.85. The number of fused-ring (bicyclic) bond motifs is 1. The molecule has 2 aromatic carbocycles. The molecule has 4 rings (SSSR count). The number of amides is 2. The minimum atomic E-state index is -0.400. The van der Waals surface area contributed by atoms with Gasteiger partial charge in [0.25, 0.3) is 5.91 Å². The molecule has 7 nitrogen and oxygen atoms in total. The zero-order chi connectivity index (χ0) is 21.8. The topological polar surface area (TPSA) is 83.6 Å². The highest BCUT2D eigenvalue weighted by Crippen LogP contribution is 2.21. The normalized spacial score (nSPS) is 14.4. The van der Waals surface area contributed by atoms with Crippen LogP contribution in [0.15, 0.2) is 48.5 Å². The molecule has 1 aliphatic rings. The summed E-state index contributed by atoms with van der Waals surface area (Å²) in [6, 6.07) is 12.8. The number of hydrogen-bond acceptors (Lipinski definition) is 5. The smallest absolute Gasteiger partial charge is 0.256 e. The molecule has 1 aromatic heterocycles. The Labute approximate surface area is 179 Å². The third kappa shape index (κ3) is 5.22. The van der Waals surface area contributed by atoms with Crippen LogP contribution in [0, 0.1) is 12.7 Å². The van der Waals surface area contributed by atoms with Crippen molar-refractivity contribution in [3.63, 3.8) is 0 Å². The molecule has 1 saturated heterocycles. The number of anilines is 2. The number of morpholine rings is 1. The monoisotopic (exact) mass is 422 g/mol. The minimum Gasteiger partial charge on any atom is -0.379 e. The van der Waals surface area contributed by atoms with Crippen LogP contribution in [0.2, 0.25) is 0 Å². The summed E-state index contributed by atoms with van der Waals surface area (Å²) in [5.41, 5.74) is 2.72. The predicted octanol–water partition coefficient (Wildman–Crippen LogP) is 3.21. The van der Waals surface area contributed by atoms with Gasteiger partial charge in [-0.05, 0) is 49.4 Å². The van der Waals surface area contributed by atoms with Crippen LogP contribution in [0.4, 0.5) is 15.8 Å². The average Bonchev–Trinajstić information content (AvgIpc) is 2.75. The maximum Gasteiger partial charge on any atom is 0.256 e. The molecule has 0 unspecified atom stereocenters. The molecule has 160 valence electrons. The molecule has 31 heavy (non-hydrogen) atoms. The number of aryl methyl sites for hydroxylation is 1. The van der Waals surface area contributed by atoms with Crippen LogP contribution in [0.5, 0.6) is 0 Å². The van der Waals surface area contributed by atoms with E-state index in [2.05, 4.69) is 15.6 Å². The molecule has 3 aromatic rings. The third-order valence-corrected chi connectivity index (χ3v) is 5.04. The summed E-state index contributed by atoms with van der Waals surface area (Å²) in [7, 11) is 0. The molecule has 2 heterocycles. The first kappa shape index (κ1) is 20.9. The number of ether oxygens (including phenoxy) is 1. The van der Waals surface area contributed by atoms with Crippen LogP contribution < -0.4 is 10.6 Å². The molecule has 0 bridgehead atoms. The molecule has 0 spiro atoms. The summed E-state index contributed by atoms with van der Waals surface area (Å²) in [4.78, 5) is 31.4. The van der Waals surface area contributed by atoms with Crippen molar-refractivity contribution in [2.75, 3.05) is 43.5 Å². The number of carbonyl (C=O) groups excluding carboxylic acids is 2. The van der Waals surface area contributed by atoms with E-state index < -0.39 is 5.82 Å².